The summed E-state index contributed by atoms with van der Waals surface area (Å²) in [6, 6.07) is 6.63. The Balaban J connectivity index is 2.73. The van der Waals surface area contributed by atoms with Gasteiger partial charge in [-0.05, 0) is 36.6 Å². The van der Waals surface area contributed by atoms with Gasteiger partial charge in [0.2, 0.25) is 0 Å². The molecule has 0 unspecified atom stereocenters. The van der Waals surface area contributed by atoms with E-state index in [1.807, 2.05) is 12.1 Å². The summed E-state index contributed by atoms with van der Waals surface area (Å²) in [4.78, 5) is 0. The van der Waals surface area contributed by atoms with E-state index in [2.05, 4.69) is 6.92 Å². The molecule has 1 rings (SSSR count). The molecule has 1 atom stereocenters. The van der Waals surface area contributed by atoms with E-state index < -0.39 is 0 Å². The average molecular weight is 181 g/mol. The van der Waals surface area contributed by atoms with Gasteiger partial charge in [-0.1, -0.05) is 25.5 Å². The van der Waals surface area contributed by atoms with Gasteiger partial charge in [-0.15, -0.1) is 0 Å². The molecule has 72 valence electrons. The standard InChI is InChI=1S/C11H16FN/c1-2-3-10(8-13)9-4-6-11(12)7-5-9/h4-7,10H,2-3,8,13H2,1H3/t10-/m1/s1. The Labute approximate surface area is 78.8 Å². The van der Waals surface area contributed by atoms with Crippen LogP contribution < -0.4 is 5.73 Å². The van der Waals surface area contributed by atoms with Crippen LogP contribution in [-0.2, 0) is 0 Å². The van der Waals surface area contributed by atoms with Crippen LogP contribution >= 0.6 is 0 Å². The molecule has 1 aromatic carbocycles. The smallest absolute Gasteiger partial charge is 0.123 e. The SMILES string of the molecule is CCC[C@H](CN)c1ccc(F)cc1. The Kier molecular flexibility index (Phi) is 3.90. The van der Waals surface area contributed by atoms with Gasteiger partial charge in [0, 0.05) is 0 Å². The van der Waals surface area contributed by atoms with Gasteiger partial charge in [-0.25, -0.2) is 4.39 Å². The molecule has 0 bridgehead atoms. The summed E-state index contributed by atoms with van der Waals surface area (Å²) in [7, 11) is 0. The highest BCUT2D eigenvalue weighted by Crippen LogP contribution is 2.19. The summed E-state index contributed by atoms with van der Waals surface area (Å²) in [6.45, 7) is 2.77. The van der Waals surface area contributed by atoms with Crippen LogP contribution in [0.15, 0.2) is 24.3 Å². The van der Waals surface area contributed by atoms with Gasteiger partial charge in [0.1, 0.15) is 5.82 Å². The molecule has 0 spiro atoms. The summed E-state index contributed by atoms with van der Waals surface area (Å²) in [5.41, 5.74) is 6.78. The van der Waals surface area contributed by atoms with E-state index in [9.17, 15) is 4.39 Å². The van der Waals surface area contributed by atoms with Crippen molar-refractivity contribution in [3.63, 3.8) is 0 Å². The number of halogens is 1. The molecule has 0 aromatic heterocycles. The predicted molar refractivity (Wildman–Crippen MR) is 53.1 cm³/mol. The molecular formula is C11H16FN. The van der Waals surface area contributed by atoms with Crippen molar-refractivity contribution in [3.8, 4) is 0 Å². The van der Waals surface area contributed by atoms with Crippen molar-refractivity contribution < 1.29 is 4.39 Å². The molecule has 1 nitrogen and oxygen atoms in total. The number of benzene rings is 1. The third-order valence-electron chi connectivity index (χ3n) is 2.26. The van der Waals surface area contributed by atoms with Crippen molar-refractivity contribution in [2.45, 2.75) is 25.7 Å². The average Bonchev–Trinajstić information content (AvgIpc) is 2.16. The molecule has 2 N–H and O–H groups in total. The molecule has 0 aliphatic carbocycles. The van der Waals surface area contributed by atoms with E-state index in [4.69, 9.17) is 5.73 Å². The number of hydrogen-bond acceptors (Lipinski definition) is 1. The quantitative estimate of drug-likeness (QED) is 0.759. The maximum atomic E-state index is 12.6. The van der Waals surface area contributed by atoms with Gasteiger partial charge in [-0.3, -0.25) is 0 Å². The lowest BCUT2D eigenvalue weighted by Crippen LogP contribution is -2.12. The van der Waals surface area contributed by atoms with Crippen molar-refractivity contribution in [1.29, 1.82) is 0 Å². The van der Waals surface area contributed by atoms with E-state index in [1.54, 1.807) is 0 Å². The largest absolute Gasteiger partial charge is 0.330 e. The first-order valence-corrected chi connectivity index (χ1v) is 4.73. The molecule has 0 heterocycles. The van der Waals surface area contributed by atoms with E-state index in [0.717, 1.165) is 18.4 Å². The Hall–Kier alpha value is -0.890. The van der Waals surface area contributed by atoms with Crippen LogP contribution in [0.1, 0.15) is 31.2 Å². The first-order valence-electron chi connectivity index (χ1n) is 4.73. The molecule has 0 fully saturated rings. The topological polar surface area (TPSA) is 26.0 Å². The highest BCUT2D eigenvalue weighted by atomic mass is 19.1. The second kappa shape index (κ2) is 4.97. The van der Waals surface area contributed by atoms with Crippen LogP contribution in [0.4, 0.5) is 4.39 Å². The second-order valence-corrected chi connectivity index (χ2v) is 3.27. The molecular weight excluding hydrogens is 165 g/mol. The highest BCUT2D eigenvalue weighted by Gasteiger charge is 2.07. The molecule has 0 amide bonds. The zero-order valence-corrected chi connectivity index (χ0v) is 7.96. The van der Waals surface area contributed by atoms with Gasteiger partial charge in [0.15, 0.2) is 0 Å². The van der Waals surface area contributed by atoms with E-state index in [-0.39, 0.29) is 5.82 Å². The predicted octanol–water partition coefficient (Wildman–Crippen LogP) is 2.67. The Morgan fingerprint density at radius 1 is 1.31 bits per heavy atom. The zero-order chi connectivity index (χ0) is 9.68. The number of nitrogens with two attached hydrogens (primary N) is 1. The third kappa shape index (κ3) is 2.81. The maximum Gasteiger partial charge on any atom is 0.123 e. The van der Waals surface area contributed by atoms with Crippen LogP contribution in [0, 0.1) is 5.82 Å². The molecule has 0 aliphatic heterocycles. The van der Waals surface area contributed by atoms with Crippen LogP contribution in [0.3, 0.4) is 0 Å². The van der Waals surface area contributed by atoms with Gasteiger partial charge in [0.25, 0.3) is 0 Å². The second-order valence-electron chi connectivity index (χ2n) is 3.27. The van der Waals surface area contributed by atoms with Crippen molar-refractivity contribution in [2.24, 2.45) is 5.73 Å². The molecule has 13 heavy (non-hydrogen) atoms. The highest BCUT2D eigenvalue weighted by molar-refractivity contribution is 5.20. The lowest BCUT2D eigenvalue weighted by molar-refractivity contribution is 0.609. The first kappa shape index (κ1) is 10.2. The number of hydrogen-bond donors (Lipinski definition) is 1. The molecule has 1 aromatic rings. The minimum absolute atomic E-state index is 0.184. The van der Waals surface area contributed by atoms with Crippen LogP contribution in [0.2, 0.25) is 0 Å². The number of rotatable bonds is 4. The van der Waals surface area contributed by atoms with Crippen molar-refractivity contribution in [1.82, 2.24) is 0 Å². The summed E-state index contributed by atoms with van der Waals surface area (Å²) >= 11 is 0. The third-order valence-corrected chi connectivity index (χ3v) is 2.26. The van der Waals surface area contributed by atoms with Gasteiger partial charge >= 0.3 is 0 Å². The Morgan fingerprint density at radius 3 is 2.38 bits per heavy atom. The minimum Gasteiger partial charge on any atom is -0.330 e. The Bertz CT molecular complexity index is 243. The zero-order valence-electron chi connectivity index (χ0n) is 7.96. The lowest BCUT2D eigenvalue weighted by Gasteiger charge is -2.13. The monoisotopic (exact) mass is 181 g/mol. The van der Waals surface area contributed by atoms with E-state index in [0.29, 0.717) is 12.5 Å². The van der Waals surface area contributed by atoms with Crippen molar-refractivity contribution in [2.75, 3.05) is 6.54 Å². The maximum absolute atomic E-state index is 12.6. The van der Waals surface area contributed by atoms with Gasteiger partial charge in [-0.2, -0.15) is 0 Å². The van der Waals surface area contributed by atoms with E-state index in [1.165, 1.54) is 12.1 Å². The molecule has 0 saturated carbocycles. The van der Waals surface area contributed by atoms with Gasteiger partial charge in [0.05, 0.1) is 0 Å². The fraction of sp³-hybridized carbons (Fsp3) is 0.455. The van der Waals surface area contributed by atoms with Gasteiger partial charge < -0.3 is 5.73 Å². The van der Waals surface area contributed by atoms with Crippen LogP contribution in [0.5, 0.6) is 0 Å². The summed E-state index contributed by atoms with van der Waals surface area (Å²) in [5, 5.41) is 0. The molecule has 2 heteroatoms. The normalized spacial score (nSPS) is 12.8. The van der Waals surface area contributed by atoms with Crippen LogP contribution in [0.25, 0.3) is 0 Å². The molecule has 0 radical (unpaired) electrons. The van der Waals surface area contributed by atoms with E-state index >= 15 is 0 Å². The Morgan fingerprint density at radius 2 is 1.92 bits per heavy atom. The fourth-order valence-corrected chi connectivity index (χ4v) is 1.50. The van der Waals surface area contributed by atoms with Crippen molar-refractivity contribution >= 4 is 0 Å². The summed E-state index contributed by atoms with van der Waals surface area (Å²) < 4.78 is 12.6. The molecule has 0 saturated heterocycles. The minimum atomic E-state index is -0.184. The first-order chi connectivity index (χ1) is 6.27. The lowest BCUT2D eigenvalue weighted by atomic mass is 9.95. The summed E-state index contributed by atoms with van der Waals surface area (Å²) in [6.07, 6.45) is 2.18. The summed E-state index contributed by atoms with van der Waals surface area (Å²) in [5.74, 6) is 0.196. The molecule has 0 aliphatic rings. The van der Waals surface area contributed by atoms with Crippen LogP contribution in [-0.4, -0.2) is 6.54 Å². The van der Waals surface area contributed by atoms with Crippen molar-refractivity contribution in [3.05, 3.63) is 35.6 Å². The fourth-order valence-electron chi connectivity index (χ4n) is 1.50.